The number of aryl methyl sites for hydroxylation is 2. The molecule has 4 rings (SSSR count). The number of hydrogen-bond acceptors (Lipinski definition) is 6. The molecule has 0 spiro atoms. The summed E-state index contributed by atoms with van der Waals surface area (Å²) in [5.74, 6) is 1.58. The van der Waals surface area contributed by atoms with Crippen molar-refractivity contribution in [1.29, 1.82) is 5.26 Å². The Hall–Kier alpha value is -3.30. The fraction of sp³-hybridized carbons (Fsp3) is 0.385. The lowest BCUT2D eigenvalue weighted by molar-refractivity contribution is 0.170. The minimum atomic E-state index is 0.175. The zero-order valence-electron chi connectivity index (χ0n) is 18.8. The van der Waals surface area contributed by atoms with Gasteiger partial charge in [-0.1, -0.05) is 54.4 Å². The van der Waals surface area contributed by atoms with Crippen molar-refractivity contribution in [3.05, 3.63) is 76.8 Å². The van der Waals surface area contributed by atoms with Gasteiger partial charge in [0.25, 0.3) is 0 Å². The molecule has 1 atom stereocenters. The molecule has 1 fully saturated rings. The first kappa shape index (κ1) is 21.9. The molecule has 1 unspecified atom stereocenters. The Labute approximate surface area is 189 Å². The molecule has 1 N–H and O–H groups in total. The highest BCUT2D eigenvalue weighted by Gasteiger charge is 2.23. The molecule has 2 aromatic carbocycles. The molecule has 1 aliphatic rings. The minimum absolute atomic E-state index is 0.175. The molecule has 0 saturated carbocycles. The second kappa shape index (κ2) is 10.3. The maximum atomic E-state index is 9.56. The van der Waals surface area contributed by atoms with Crippen LogP contribution in [0.3, 0.4) is 0 Å². The number of nitrogens with one attached hydrogen (secondary N) is 1. The van der Waals surface area contributed by atoms with E-state index in [-0.39, 0.29) is 18.3 Å². The Bertz CT molecular complexity index is 1070. The molecule has 1 saturated heterocycles. The predicted octanol–water partition coefficient (Wildman–Crippen LogP) is 5.38. The SMILES string of the molecule is Cc1ccc(OCc2nc(C#N)c(NCC(c3ccccc3)N3CCCCC3)o2)c(C)c1. The van der Waals surface area contributed by atoms with Crippen LogP contribution in [0.2, 0.25) is 0 Å². The van der Waals surface area contributed by atoms with E-state index in [0.717, 1.165) is 24.4 Å². The zero-order valence-corrected chi connectivity index (χ0v) is 18.8. The molecule has 6 nitrogen and oxygen atoms in total. The van der Waals surface area contributed by atoms with Gasteiger partial charge in [-0.05, 0) is 57.0 Å². The fourth-order valence-electron chi connectivity index (χ4n) is 4.27. The topological polar surface area (TPSA) is 74.3 Å². The number of aromatic nitrogens is 1. The van der Waals surface area contributed by atoms with E-state index < -0.39 is 0 Å². The van der Waals surface area contributed by atoms with Crippen LogP contribution in [0.4, 0.5) is 5.88 Å². The Morgan fingerprint density at radius 3 is 2.62 bits per heavy atom. The lowest BCUT2D eigenvalue weighted by Gasteiger charge is -2.35. The Kier molecular flexibility index (Phi) is 7.08. The number of nitriles is 1. The summed E-state index contributed by atoms with van der Waals surface area (Å²) in [5, 5.41) is 12.9. The normalized spacial score (nSPS) is 15.2. The fourth-order valence-corrected chi connectivity index (χ4v) is 4.27. The summed E-state index contributed by atoms with van der Waals surface area (Å²) in [7, 11) is 0. The highest BCUT2D eigenvalue weighted by atomic mass is 16.5. The largest absolute Gasteiger partial charge is 0.484 e. The van der Waals surface area contributed by atoms with Gasteiger partial charge >= 0.3 is 0 Å². The molecule has 0 bridgehead atoms. The number of likely N-dealkylation sites (tertiary alicyclic amines) is 1. The molecule has 166 valence electrons. The van der Waals surface area contributed by atoms with Crippen molar-refractivity contribution < 1.29 is 9.15 Å². The summed E-state index contributed by atoms with van der Waals surface area (Å²) >= 11 is 0. The molecule has 2 heterocycles. The number of rotatable bonds is 8. The van der Waals surface area contributed by atoms with Gasteiger partial charge in [-0.2, -0.15) is 10.2 Å². The molecular formula is C26H30N4O2. The standard InChI is InChI=1S/C26H30N4O2/c1-19-11-12-24(20(2)15-19)31-18-25-29-22(16-27)26(32-25)28-17-23(21-9-5-3-6-10-21)30-13-7-4-8-14-30/h3,5-6,9-12,15,23,28H,4,7-8,13-14,17-18H2,1-2H3. The lowest BCUT2D eigenvalue weighted by Crippen LogP contribution is -2.37. The van der Waals surface area contributed by atoms with Crippen molar-refractivity contribution in [2.24, 2.45) is 0 Å². The summed E-state index contributed by atoms with van der Waals surface area (Å²) in [5.41, 5.74) is 3.77. The first-order valence-electron chi connectivity index (χ1n) is 11.3. The molecule has 0 amide bonds. The molecule has 1 aromatic heterocycles. The van der Waals surface area contributed by atoms with Gasteiger partial charge in [-0.25, -0.2) is 0 Å². The van der Waals surface area contributed by atoms with Crippen LogP contribution in [0.5, 0.6) is 5.75 Å². The van der Waals surface area contributed by atoms with E-state index in [1.54, 1.807) is 0 Å². The summed E-state index contributed by atoms with van der Waals surface area (Å²) in [4.78, 5) is 6.84. The number of piperidine rings is 1. The van der Waals surface area contributed by atoms with E-state index in [4.69, 9.17) is 9.15 Å². The monoisotopic (exact) mass is 430 g/mol. The molecular weight excluding hydrogens is 400 g/mol. The van der Waals surface area contributed by atoms with Gasteiger partial charge in [0.15, 0.2) is 6.61 Å². The number of anilines is 1. The summed E-state index contributed by atoms with van der Waals surface area (Å²) < 4.78 is 11.8. The van der Waals surface area contributed by atoms with E-state index in [2.05, 4.69) is 58.5 Å². The van der Waals surface area contributed by atoms with Gasteiger partial charge in [0.1, 0.15) is 11.8 Å². The number of hydrogen-bond donors (Lipinski definition) is 1. The van der Waals surface area contributed by atoms with Crippen molar-refractivity contribution in [2.75, 3.05) is 25.0 Å². The van der Waals surface area contributed by atoms with E-state index in [1.807, 2.05) is 25.1 Å². The van der Waals surface area contributed by atoms with E-state index in [9.17, 15) is 5.26 Å². The molecule has 3 aromatic rings. The Morgan fingerprint density at radius 2 is 1.91 bits per heavy atom. The molecule has 0 radical (unpaired) electrons. The quantitative estimate of drug-likeness (QED) is 0.517. The highest BCUT2D eigenvalue weighted by Crippen LogP contribution is 2.27. The van der Waals surface area contributed by atoms with E-state index in [1.165, 1.54) is 30.4 Å². The van der Waals surface area contributed by atoms with Crippen LogP contribution in [0.25, 0.3) is 0 Å². The maximum Gasteiger partial charge on any atom is 0.236 e. The van der Waals surface area contributed by atoms with Crippen molar-refractivity contribution in [3.8, 4) is 11.8 Å². The number of nitrogens with zero attached hydrogens (tertiary/aromatic N) is 3. The van der Waals surface area contributed by atoms with Crippen molar-refractivity contribution in [3.63, 3.8) is 0 Å². The molecule has 32 heavy (non-hydrogen) atoms. The van der Waals surface area contributed by atoms with Crippen LogP contribution in [0.1, 0.15) is 53.6 Å². The third kappa shape index (κ3) is 5.30. The Balaban J connectivity index is 1.45. The summed E-state index contributed by atoms with van der Waals surface area (Å²) in [6.45, 7) is 7.04. The van der Waals surface area contributed by atoms with Crippen molar-refractivity contribution in [2.45, 2.75) is 45.8 Å². The zero-order chi connectivity index (χ0) is 22.3. The van der Waals surface area contributed by atoms with Crippen LogP contribution in [-0.2, 0) is 6.61 Å². The highest BCUT2D eigenvalue weighted by molar-refractivity contribution is 5.46. The van der Waals surface area contributed by atoms with E-state index in [0.29, 0.717) is 18.3 Å². The van der Waals surface area contributed by atoms with Gasteiger partial charge in [-0.15, -0.1) is 0 Å². The number of oxazole rings is 1. The summed E-state index contributed by atoms with van der Waals surface area (Å²) in [6.07, 6.45) is 3.72. The van der Waals surface area contributed by atoms with Crippen LogP contribution in [-0.4, -0.2) is 29.5 Å². The second-order valence-corrected chi connectivity index (χ2v) is 8.36. The molecule has 0 aliphatic carbocycles. The third-order valence-electron chi connectivity index (χ3n) is 5.93. The Morgan fingerprint density at radius 1 is 1.12 bits per heavy atom. The smallest absolute Gasteiger partial charge is 0.236 e. The van der Waals surface area contributed by atoms with Crippen LogP contribution in [0, 0.1) is 25.2 Å². The van der Waals surface area contributed by atoms with Crippen molar-refractivity contribution >= 4 is 5.88 Å². The second-order valence-electron chi connectivity index (χ2n) is 8.36. The van der Waals surface area contributed by atoms with Crippen molar-refractivity contribution in [1.82, 2.24) is 9.88 Å². The first-order valence-corrected chi connectivity index (χ1v) is 11.3. The van der Waals surface area contributed by atoms with Gasteiger partial charge in [0.2, 0.25) is 17.5 Å². The minimum Gasteiger partial charge on any atom is -0.484 e. The maximum absolute atomic E-state index is 9.56. The number of benzene rings is 2. The van der Waals surface area contributed by atoms with Gasteiger partial charge in [0.05, 0.1) is 6.04 Å². The lowest BCUT2D eigenvalue weighted by atomic mass is 10.0. The molecule has 1 aliphatic heterocycles. The average molecular weight is 431 g/mol. The molecule has 6 heteroatoms. The summed E-state index contributed by atoms with van der Waals surface area (Å²) in [6, 6.07) is 18.9. The number of ether oxygens (including phenoxy) is 1. The van der Waals surface area contributed by atoms with E-state index >= 15 is 0 Å². The van der Waals surface area contributed by atoms with Crippen LogP contribution in [0.15, 0.2) is 52.9 Å². The predicted molar refractivity (Wildman–Crippen MR) is 125 cm³/mol. The average Bonchev–Trinajstić information content (AvgIpc) is 3.22. The van der Waals surface area contributed by atoms with Gasteiger partial charge in [0, 0.05) is 6.54 Å². The van der Waals surface area contributed by atoms with Gasteiger partial charge < -0.3 is 14.5 Å². The first-order chi connectivity index (χ1) is 15.6. The van der Waals surface area contributed by atoms with Gasteiger partial charge in [-0.3, -0.25) is 4.90 Å². The van der Waals surface area contributed by atoms with Crippen LogP contribution >= 0.6 is 0 Å². The van der Waals surface area contributed by atoms with Crippen LogP contribution < -0.4 is 10.1 Å². The third-order valence-corrected chi connectivity index (χ3v) is 5.93.